The molecule has 0 fully saturated rings. The van der Waals surface area contributed by atoms with Crippen molar-refractivity contribution in [1.29, 1.82) is 0 Å². The van der Waals surface area contributed by atoms with Gasteiger partial charge in [0.25, 0.3) is 0 Å². The quantitative estimate of drug-likeness (QED) is 0.412. The highest BCUT2D eigenvalue weighted by Crippen LogP contribution is 2.37. The predicted molar refractivity (Wildman–Crippen MR) is 114 cm³/mol. The highest BCUT2D eigenvalue weighted by molar-refractivity contribution is 9.10. The summed E-state index contributed by atoms with van der Waals surface area (Å²) in [6.07, 6.45) is 6.12. The molecule has 0 saturated carbocycles. The van der Waals surface area contributed by atoms with Crippen LogP contribution < -0.4 is 0 Å². The van der Waals surface area contributed by atoms with Crippen molar-refractivity contribution in [3.05, 3.63) is 50.1 Å². The fourth-order valence-electron chi connectivity index (χ4n) is 3.43. The zero-order valence-corrected chi connectivity index (χ0v) is 18.1. The first kappa shape index (κ1) is 18.3. The number of thiophene rings is 1. The van der Waals surface area contributed by atoms with Crippen molar-refractivity contribution < 1.29 is 0 Å². The number of rotatable bonds is 6. The van der Waals surface area contributed by atoms with Crippen LogP contribution in [0.1, 0.15) is 42.2 Å². The van der Waals surface area contributed by atoms with E-state index >= 15 is 0 Å². The fraction of sp³-hybridized carbons (Fsp3) is 0.400. The molecule has 6 heteroatoms. The Morgan fingerprint density at radius 2 is 1.96 bits per heavy atom. The Morgan fingerprint density at radius 1 is 1.15 bits per heavy atom. The minimum atomic E-state index is 0.914. The van der Waals surface area contributed by atoms with Gasteiger partial charge in [-0.2, -0.15) is 0 Å². The Labute approximate surface area is 171 Å². The monoisotopic (exact) mass is 447 g/mol. The van der Waals surface area contributed by atoms with Gasteiger partial charge in [-0.05, 0) is 55.4 Å². The lowest BCUT2D eigenvalue weighted by atomic mass is 9.95. The van der Waals surface area contributed by atoms with Gasteiger partial charge in [0.1, 0.15) is 0 Å². The molecule has 4 rings (SSSR count). The minimum absolute atomic E-state index is 0.914. The van der Waals surface area contributed by atoms with Crippen LogP contribution in [0.2, 0.25) is 0 Å². The largest absolute Gasteiger partial charge is 0.302 e. The Balaban J connectivity index is 1.60. The molecule has 3 aromatic rings. The first-order valence-corrected chi connectivity index (χ1v) is 11.8. The summed E-state index contributed by atoms with van der Waals surface area (Å²) >= 11 is 7.18. The highest BCUT2D eigenvalue weighted by Gasteiger charge is 2.22. The van der Waals surface area contributed by atoms with Gasteiger partial charge in [0.15, 0.2) is 11.0 Å². The van der Waals surface area contributed by atoms with Crippen LogP contribution in [0.3, 0.4) is 0 Å². The molecule has 2 heterocycles. The summed E-state index contributed by atoms with van der Waals surface area (Å²) in [5, 5.41) is 12.5. The first-order valence-electron chi connectivity index (χ1n) is 9.16. The SMILES string of the molecule is CCCn1c(SCc2ccc(Br)cc2)nnc1-c1csc2c1CCCC2. The molecule has 0 amide bonds. The van der Waals surface area contributed by atoms with Gasteiger partial charge >= 0.3 is 0 Å². The number of fused-ring (bicyclic) bond motifs is 1. The van der Waals surface area contributed by atoms with Gasteiger partial charge in [0.05, 0.1) is 0 Å². The number of aromatic nitrogens is 3. The second-order valence-corrected chi connectivity index (χ2v) is 9.45. The molecule has 1 aliphatic rings. The van der Waals surface area contributed by atoms with E-state index in [0.29, 0.717) is 0 Å². The standard InChI is InChI=1S/C20H22BrN3S2/c1-2-11-24-19(17-13-25-18-6-4-3-5-16(17)18)22-23-20(24)26-12-14-7-9-15(21)10-8-14/h7-10,13H,2-6,11-12H2,1H3. The summed E-state index contributed by atoms with van der Waals surface area (Å²) in [6.45, 7) is 3.19. The summed E-state index contributed by atoms with van der Waals surface area (Å²) in [5.41, 5.74) is 4.15. The Kier molecular flexibility index (Phi) is 5.81. The van der Waals surface area contributed by atoms with E-state index in [1.54, 1.807) is 16.6 Å². The van der Waals surface area contributed by atoms with Crippen molar-refractivity contribution in [2.24, 2.45) is 0 Å². The molecule has 1 aromatic carbocycles. The van der Waals surface area contributed by atoms with Crippen molar-refractivity contribution in [3.63, 3.8) is 0 Å². The molecule has 0 aliphatic heterocycles. The van der Waals surface area contributed by atoms with Gasteiger partial charge in [-0.15, -0.1) is 21.5 Å². The average molecular weight is 448 g/mol. The number of thioether (sulfide) groups is 1. The van der Waals surface area contributed by atoms with E-state index in [4.69, 9.17) is 0 Å². The fourth-order valence-corrected chi connectivity index (χ4v) is 5.74. The van der Waals surface area contributed by atoms with Crippen molar-refractivity contribution in [2.45, 2.75) is 56.5 Å². The maximum Gasteiger partial charge on any atom is 0.191 e. The lowest BCUT2D eigenvalue weighted by Crippen LogP contribution is -2.05. The van der Waals surface area contributed by atoms with E-state index in [2.05, 4.69) is 67.3 Å². The molecule has 26 heavy (non-hydrogen) atoms. The van der Waals surface area contributed by atoms with Crippen LogP contribution in [0.5, 0.6) is 0 Å². The van der Waals surface area contributed by atoms with Crippen LogP contribution in [0, 0.1) is 0 Å². The topological polar surface area (TPSA) is 30.7 Å². The average Bonchev–Trinajstić information content (AvgIpc) is 3.25. The summed E-state index contributed by atoms with van der Waals surface area (Å²) in [5.74, 6) is 1.97. The molecule has 0 atom stereocenters. The summed E-state index contributed by atoms with van der Waals surface area (Å²) in [4.78, 5) is 1.56. The van der Waals surface area contributed by atoms with Crippen LogP contribution in [-0.4, -0.2) is 14.8 Å². The van der Waals surface area contributed by atoms with Crippen molar-refractivity contribution in [2.75, 3.05) is 0 Å². The zero-order chi connectivity index (χ0) is 17.9. The molecule has 0 bridgehead atoms. The van der Waals surface area contributed by atoms with Crippen molar-refractivity contribution >= 4 is 39.0 Å². The van der Waals surface area contributed by atoms with Gasteiger partial charge in [0.2, 0.25) is 0 Å². The van der Waals surface area contributed by atoms with Crippen LogP contribution >= 0.6 is 39.0 Å². The number of hydrogen-bond acceptors (Lipinski definition) is 4. The zero-order valence-electron chi connectivity index (χ0n) is 14.9. The first-order chi connectivity index (χ1) is 12.8. The molecule has 0 radical (unpaired) electrons. The van der Waals surface area contributed by atoms with Crippen LogP contribution in [0.25, 0.3) is 11.4 Å². The summed E-state index contributed by atoms with van der Waals surface area (Å²) < 4.78 is 3.44. The molecule has 0 spiro atoms. The normalized spacial score (nSPS) is 13.8. The lowest BCUT2D eigenvalue weighted by molar-refractivity contribution is 0.625. The van der Waals surface area contributed by atoms with E-state index in [9.17, 15) is 0 Å². The number of benzene rings is 1. The summed E-state index contributed by atoms with van der Waals surface area (Å²) in [7, 11) is 0. The molecule has 2 aromatic heterocycles. The third-order valence-electron chi connectivity index (χ3n) is 4.75. The molecule has 3 nitrogen and oxygen atoms in total. The van der Waals surface area contributed by atoms with E-state index < -0.39 is 0 Å². The molecular formula is C20H22BrN3S2. The third kappa shape index (κ3) is 3.78. The highest BCUT2D eigenvalue weighted by atomic mass is 79.9. The lowest BCUT2D eigenvalue weighted by Gasteiger charge is -2.13. The van der Waals surface area contributed by atoms with Crippen molar-refractivity contribution in [1.82, 2.24) is 14.8 Å². The minimum Gasteiger partial charge on any atom is -0.302 e. The van der Waals surface area contributed by atoms with Gasteiger partial charge in [0, 0.05) is 32.6 Å². The van der Waals surface area contributed by atoms with Gasteiger partial charge in [-0.1, -0.05) is 46.7 Å². The Hall–Kier alpha value is -1.11. The van der Waals surface area contributed by atoms with E-state index in [1.807, 2.05) is 11.3 Å². The van der Waals surface area contributed by atoms with Gasteiger partial charge < -0.3 is 4.57 Å². The van der Waals surface area contributed by atoms with Crippen molar-refractivity contribution in [3.8, 4) is 11.4 Å². The number of nitrogens with zero attached hydrogens (tertiary/aromatic N) is 3. The van der Waals surface area contributed by atoms with Gasteiger partial charge in [-0.3, -0.25) is 0 Å². The Bertz CT molecular complexity index is 883. The van der Waals surface area contributed by atoms with Crippen LogP contribution in [0.15, 0.2) is 39.3 Å². The van der Waals surface area contributed by atoms with E-state index in [1.165, 1.54) is 42.4 Å². The van der Waals surface area contributed by atoms with Crippen LogP contribution in [0.4, 0.5) is 0 Å². The maximum atomic E-state index is 4.60. The van der Waals surface area contributed by atoms with E-state index in [0.717, 1.165) is 34.2 Å². The molecule has 0 saturated heterocycles. The second-order valence-electron chi connectivity index (χ2n) is 6.63. The molecular weight excluding hydrogens is 426 g/mol. The van der Waals surface area contributed by atoms with E-state index in [-0.39, 0.29) is 0 Å². The number of halogens is 1. The predicted octanol–water partition coefficient (Wildman–Crippen LogP) is 6.35. The number of aryl methyl sites for hydroxylation is 1. The molecule has 0 N–H and O–H groups in total. The smallest absolute Gasteiger partial charge is 0.191 e. The molecule has 136 valence electrons. The Morgan fingerprint density at radius 3 is 2.77 bits per heavy atom. The number of hydrogen-bond donors (Lipinski definition) is 0. The third-order valence-corrected chi connectivity index (χ3v) is 7.40. The molecule has 1 aliphatic carbocycles. The maximum absolute atomic E-state index is 4.60. The summed E-state index contributed by atoms with van der Waals surface area (Å²) in [6, 6.07) is 8.51. The van der Waals surface area contributed by atoms with Gasteiger partial charge in [-0.25, -0.2) is 0 Å². The van der Waals surface area contributed by atoms with Crippen LogP contribution in [-0.2, 0) is 25.1 Å². The second kappa shape index (κ2) is 8.28. The molecule has 0 unspecified atom stereocenters.